The van der Waals surface area contributed by atoms with Crippen molar-refractivity contribution in [2.45, 2.75) is 11.8 Å². The van der Waals surface area contributed by atoms with Gasteiger partial charge in [0.2, 0.25) is 0 Å². The van der Waals surface area contributed by atoms with Crippen LogP contribution in [0.1, 0.15) is 11.1 Å². The molecule has 0 amide bonds. The highest BCUT2D eigenvalue weighted by atomic mass is 32.2. The van der Waals surface area contributed by atoms with Crippen molar-refractivity contribution in [1.82, 2.24) is 0 Å². The second-order valence-corrected chi connectivity index (χ2v) is 5.40. The highest BCUT2D eigenvalue weighted by Crippen LogP contribution is 2.09. The first-order valence-corrected chi connectivity index (χ1v) is 7.07. The van der Waals surface area contributed by atoms with Crippen LogP contribution < -0.4 is 0 Å². The van der Waals surface area contributed by atoms with Crippen molar-refractivity contribution in [2.75, 3.05) is 0 Å². The summed E-state index contributed by atoms with van der Waals surface area (Å²) in [6.45, 7) is 1.84. The topological polar surface area (TPSA) is 74.6 Å². The SMILES string of the molecule is C#Cc1cccc(O)c1.Cc1ccc(S(=O)(=O)O)cc1. The number of hydrogen-bond acceptors (Lipinski definition) is 3. The monoisotopic (exact) mass is 290 g/mol. The maximum atomic E-state index is 10.5. The van der Waals surface area contributed by atoms with Crippen molar-refractivity contribution in [3.05, 3.63) is 59.7 Å². The molecule has 2 rings (SSSR count). The number of rotatable bonds is 1. The van der Waals surface area contributed by atoms with Gasteiger partial charge in [-0.25, -0.2) is 0 Å². The average molecular weight is 290 g/mol. The van der Waals surface area contributed by atoms with E-state index in [1.54, 1.807) is 36.4 Å². The first-order valence-electron chi connectivity index (χ1n) is 5.63. The van der Waals surface area contributed by atoms with E-state index in [2.05, 4.69) is 5.92 Å². The molecule has 0 saturated heterocycles. The van der Waals surface area contributed by atoms with Crippen LogP contribution in [-0.2, 0) is 10.1 Å². The number of phenolic OH excluding ortho intramolecular Hbond substituents is 1. The van der Waals surface area contributed by atoms with Crippen LogP contribution in [0, 0.1) is 19.3 Å². The molecule has 0 aliphatic carbocycles. The van der Waals surface area contributed by atoms with E-state index in [0.29, 0.717) is 5.56 Å². The third kappa shape index (κ3) is 5.14. The highest BCUT2D eigenvalue weighted by Gasteiger charge is 2.06. The van der Waals surface area contributed by atoms with Gasteiger partial charge in [0.1, 0.15) is 5.75 Å². The number of aryl methyl sites for hydroxylation is 1. The summed E-state index contributed by atoms with van der Waals surface area (Å²) in [7, 11) is -4.02. The van der Waals surface area contributed by atoms with Crippen molar-refractivity contribution in [2.24, 2.45) is 0 Å². The van der Waals surface area contributed by atoms with Gasteiger partial charge in [-0.2, -0.15) is 8.42 Å². The lowest BCUT2D eigenvalue weighted by Gasteiger charge is -1.95. The van der Waals surface area contributed by atoms with Crippen LogP contribution in [0.2, 0.25) is 0 Å². The van der Waals surface area contributed by atoms with Crippen molar-refractivity contribution in [3.63, 3.8) is 0 Å². The van der Waals surface area contributed by atoms with E-state index in [1.807, 2.05) is 6.92 Å². The molecule has 20 heavy (non-hydrogen) atoms. The average Bonchev–Trinajstić information content (AvgIpc) is 2.39. The zero-order valence-corrected chi connectivity index (χ0v) is 11.6. The van der Waals surface area contributed by atoms with Gasteiger partial charge in [-0.05, 0) is 37.3 Å². The minimum atomic E-state index is -4.02. The molecule has 2 aromatic carbocycles. The van der Waals surface area contributed by atoms with Crippen LogP contribution in [0.25, 0.3) is 0 Å². The molecule has 0 aromatic heterocycles. The highest BCUT2D eigenvalue weighted by molar-refractivity contribution is 7.85. The van der Waals surface area contributed by atoms with Crippen molar-refractivity contribution < 1.29 is 18.1 Å². The molecular weight excluding hydrogens is 276 g/mol. The Labute approximate surface area is 118 Å². The summed E-state index contributed by atoms with van der Waals surface area (Å²) in [4.78, 5) is -0.0666. The molecule has 0 saturated carbocycles. The molecule has 2 N–H and O–H groups in total. The molecule has 0 radical (unpaired) electrons. The molecule has 5 heteroatoms. The van der Waals surface area contributed by atoms with Gasteiger partial charge < -0.3 is 5.11 Å². The van der Waals surface area contributed by atoms with Gasteiger partial charge in [0.25, 0.3) is 10.1 Å². The number of terminal acetylenes is 1. The summed E-state index contributed by atoms with van der Waals surface area (Å²) in [5.74, 6) is 2.62. The Morgan fingerprint density at radius 1 is 1.10 bits per heavy atom. The number of hydrogen-bond donors (Lipinski definition) is 2. The van der Waals surface area contributed by atoms with E-state index < -0.39 is 10.1 Å². The summed E-state index contributed by atoms with van der Waals surface area (Å²) in [5, 5.41) is 8.85. The molecule has 0 spiro atoms. The van der Waals surface area contributed by atoms with E-state index in [-0.39, 0.29) is 10.6 Å². The zero-order chi connectivity index (χ0) is 15.2. The molecule has 0 bridgehead atoms. The fourth-order valence-corrected chi connectivity index (χ4v) is 1.79. The van der Waals surface area contributed by atoms with Crippen LogP contribution in [0.3, 0.4) is 0 Å². The van der Waals surface area contributed by atoms with E-state index in [4.69, 9.17) is 16.1 Å². The quantitative estimate of drug-likeness (QED) is 0.625. The van der Waals surface area contributed by atoms with E-state index in [0.717, 1.165) is 5.56 Å². The number of benzene rings is 2. The van der Waals surface area contributed by atoms with Gasteiger partial charge >= 0.3 is 0 Å². The summed E-state index contributed by atoms with van der Waals surface area (Å²) in [6.07, 6.45) is 5.06. The molecule has 4 nitrogen and oxygen atoms in total. The van der Waals surface area contributed by atoms with Crippen molar-refractivity contribution in [1.29, 1.82) is 0 Å². The first kappa shape index (κ1) is 15.8. The summed E-state index contributed by atoms with van der Waals surface area (Å²) >= 11 is 0. The maximum Gasteiger partial charge on any atom is 0.294 e. The molecule has 0 aliphatic rings. The van der Waals surface area contributed by atoms with Crippen LogP contribution in [0.4, 0.5) is 0 Å². The standard InChI is InChI=1S/C8H6O.C7H8O3S/c1-2-7-4-3-5-8(9)6-7;1-6-2-4-7(5-3-6)11(8,9)10/h1,3-6,9H;2-5H,1H3,(H,8,9,10). The largest absolute Gasteiger partial charge is 0.508 e. The van der Waals surface area contributed by atoms with Gasteiger partial charge in [0.15, 0.2) is 0 Å². The lowest BCUT2D eigenvalue weighted by atomic mass is 10.2. The van der Waals surface area contributed by atoms with Gasteiger partial charge in [0, 0.05) is 5.56 Å². The normalized spacial score (nSPS) is 10.1. The van der Waals surface area contributed by atoms with Gasteiger partial charge in [-0.3, -0.25) is 4.55 Å². The molecule has 104 valence electrons. The molecule has 0 atom stereocenters. The Hall–Kier alpha value is -2.29. The Morgan fingerprint density at radius 2 is 1.70 bits per heavy atom. The molecule has 0 heterocycles. The summed E-state index contributed by atoms with van der Waals surface area (Å²) < 4.78 is 29.6. The minimum Gasteiger partial charge on any atom is -0.508 e. The van der Waals surface area contributed by atoms with Crippen LogP contribution in [-0.4, -0.2) is 18.1 Å². The van der Waals surface area contributed by atoms with Crippen LogP contribution in [0.5, 0.6) is 5.75 Å². The predicted octanol–water partition coefficient (Wildman–Crippen LogP) is 2.62. The fraction of sp³-hybridized carbons (Fsp3) is 0.0667. The molecule has 0 aliphatic heterocycles. The lowest BCUT2D eigenvalue weighted by molar-refractivity contribution is 0.475. The van der Waals surface area contributed by atoms with Crippen LogP contribution in [0.15, 0.2) is 53.4 Å². The summed E-state index contributed by atoms with van der Waals surface area (Å²) in [5.41, 5.74) is 1.66. The van der Waals surface area contributed by atoms with E-state index in [9.17, 15) is 8.42 Å². The Morgan fingerprint density at radius 3 is 2.10 bits per heavy atom. The lowest BCUT2D eigenvalue weighted by Crippen LogP contribution is -1.96. The third-order valence-corrected chi connectivity index (χ3v) is 3.20. The second kappa shape index (κ2) is 6.75. The first-order chi connectivity index (χ1) is 9.32. The van der Waals surface area contributed by atoms with Gasteiger partial charge in [-0.1, -0.05) is 29.7 Å². The maximum absolute atomic E-state index is 10.5. The van der Waals surface area contributed by atoms with E-state index in [1.165, 1.54) is 12.1 Å². The second-order valence-electron chi connectivity index (χ2n) is 3.98. The molecule has 0 fully saturated rings. The van der Waals surface area contributed by atoms with Crippen LogP contribution >= 0.6 is 0 Å². The number of phenols is 1. The smallest absolute Gasteiger partial charge is 0.294 e. The van der Waals surface area contributed by atoms with E-state index >= 15 is 0 Å². The Bertz CT molecular complexity index is 710. The van der Waals surface area contributed by atoms with Gasteiger partial charge in [0.05, 0.1) is 4.90 Å². The van der Waals surface area contributed by atoms with Gasteiger partial charge in [-0.15, -0.1) is 6.42 Å². The number of aromatic hydroxyl groups is 1. The predicted molar refractivity (Wildman–Crippen MR) is 77.0 cm³/mol. The van der Waals surface area contributed by atoms with Crippen molar-refractivity contribution >= 4 is 10.1 Å². The third-order valence-electron chi connectivity index (χ3n) is 2.33. The Balaban J connectivity index is 0.000000204. The molecule has 0 unspecified atom stereocenters. The summed E-state index contributed by atoms with van der Waals surface area (Å²) in [6, 6.07) is 12.6. The van der Waals surface area contributed by atoms with Crippen molar-refractivity contribution in [3.8, 4) is 18.1 Å². The Kier molecular flexibility index (Phi) is 5.32. The molecule has 2 aromatic rings. The fourth-order valence-electron chi connectivity index (χ4n) is 1.31. The zero-order valence-electron chi connectivity index (χ0n) is 10.8. The molecular formula is C15H14O4S. The minimum absolute atomic E-state index is 0.0666.